The molecule has 1 rings (SSSR count). The molecule has 0 aliphatic carbocycles. The van der Waals surface area contributed by atoms with Crippen molar-refractivity contribution in [3.63, 3.8) is 0 Å². The van der Waals surface area contributed by atoms with Gasteiger partial charge in [0.1, 0.15) is 0 Å². The summed E-state index contributed by atoms with van der Waals surface area (Å²) in [6.07, 6.45) is 2.20. The zero-order valence-corrected chi connectivity index (χ0v) is 11.1. The molecule has 0 aromatic carbocycles. The highest BCUT2D eigenvalue weighted by molar-refractivity contribution is 5.78. The van der Waals surface area contributed by atoms with Crippen molar-refractivity contribution in [3.8, 4) is 0 Å². The van der Waals surface area contributed by atoms with Gasteiger partial charge in [0, 0.05) is 25.0 Å². The van der Waals surface area contributed by atoms with Gasteiger partial charge in [-0.15, -0.1) is 0 Å². The number of carbonyl (C=O) groups excluding carboxylic acids is 1. The first kappa shape index (κ1) is 13.5. The van der Waals surface area contributed by atoms with Crippen LogP contribution in [0.25, 0.3) is 0 Å². The fraction of sp³-hybridized carbons (Fsp3) is 0.923. The molecule has 1 fully saturated rings. The monoisotopic (exact) mass is 226 g/mol. The lowest BCUT2D eigenvalue weighted by Crippen LogP contribution is -2.46. The molecule has 3 nitrogen and oxygen atoms in total. The molecule has 0 radical (unpaired) electrons. The predicted molar refractivity (Wildman–Crippen MR) is 67.3 cm³/mol. The van der Waals surface area contributed by atoms with Crippen LogP contribution in [0, 0.1) is 11.8 Å². The average Bonchev–Trinajstić information content (AvgIpc) is 2.26. The van der Waals surface area contributed by atoms with Gasteiger partial charge in [-0.25, -0.2) is 0 Å². The van der Waals surface area contributed by atoms with Gasteiger partial charge in [0.25, 0.3) is 0 Å². The van der Waals surface area contributed by atoms with E-state index in [0.717, 1.165) is 32.5 Å². The van der Waals surface area contributed by atoms with Crippen LogP contribution in [0.4, 0.5) is 0 Å². The molecule has 0 aromatic heterocycles. The van der Waals surface area contributed by atoms with Gasteiger partial charge in [-0.2, -0.15) is 0 Å². The van der Waals surface area contributed by atoms with E-state index in [4.69, 9.17) is 0 Å². The highest BCUT2D eigenvalue weighted by Crippen LogP contribution is 2.13. The van der Waals surface area contributed by atoms with Crippen molar-refractivity contribution in [3.05, 3.63) is 0 Å². The SMILES string of the molecule is CC(C)CNC1CCN(C(=O)C(C)C)CC1. The second-order valence-electron chi connectivity index (χ2n) is 5.56. The Hall–Kier alpha value is -0.570. The molecular formula is C13H26N2O. The number of rotatable bonds is 4. The summed E-state index contributed by atoms with van der Waals surface area (Å²) in [6.45, 7) is 11.3. The predicted octanol–water partition coefficient (Wildman–Crippen LogP) is 1.88. The Labute approximate surface area is 99.6 Å². The van der Waals surface area contributed by atoms with Crippen molar-refractivity contribution in [2.75, 3.05) is 19.6 Å². The first-order chi connectivity index (χ1) is 7.50. The molecule has 1 aliphatic rings. The van der Waals surface area contributed by atoms with Crippen LogP contribution in [0.5, 0.6) is 0 Å². The van der Waals surface area contributed by atoms with E-state index in [2.05, 4.69) is 19.2 Å². The zero-order valence-electron chi connectivity index (χ0n) is 11.1. The Morgan fingerprint density at radius 2 is 1.81 bits per heavy atom. The van der Waals surface area contributed by atoms with Crippen molar-refractivity contribution < 1.29 is 4.79 Å². The molecule has 3 heteroatoms. The lowest BCUT2D eigenvalue weighted by Gasteiger charge is -2.33. The molecule has 1 amide bonds. The molecule has 1 saturated heterocycles. The summed E-state index contributed by atoms with van der Waals surface area (Å²) in [5, 5.41) is 3.57. The number of hydrogen-bond donors (Lipinski definition) is 1. The molecule has 1 N–H and O–H groups in total. The molecule has 16 heavy (non-hydrogen) atoms. The van der Waals surface area contributed by atoms with Crippen LogP contribution in [-0.4, -0.2) is 36.5 Å². The molecule has 0 aromatic rings. The standard InChI is InChI=1S/C13H26N2O/c1-10(2)9-14-12-5-7-15(8-6-12)13(16)11(3)4/h10-12,14H,5-9H2,1-4H3. The van der Waals surface area contributed by atoms with Crippen LogP contribution in [0.15, 0.2) is 0 Å². The number of piperidine rings is 1. The van der Waals surface area contributed by atoms with Gasteiger partial charge in [0.05, 0.1) is 0 Å². The van der Waals surface area contributed by atoms with E-state index in [-0.39, 0.29) is 5.92 Å². The van der Waals surface area contributed by atoms with Crippen LogP contribution in [0.3, 0.4) is 0 Å². The summed E-state index contributed by atoms with van der Waals surface area (Å²) in [5.74, 6) is 1.15. The van der Waals surface area contributed by atoms with E-state index in [1.54, 1.807) is 0 Å². The minimum absolute atomic E-state index is 0.139. The Kier molecular flexibility index (Phi) is 5.26. The third-order valence-corrected chi connectivity index (χ3v) is 3.12. The van der Waals surface area contributed by atoms with E-state index < -0.39 is 0 Å². The maximum atomic E-state index is 11.8. The summed E-state index contributed by atoms with van der Waals surface area (Å²) >= 11 is 0. The first-order valence-electron chi connectivity index (χ1n) is 6.53. The molecule has 0 bridgehead atoms. The van der Waals surface area contributed by atoms with E-state index in [1.165, 1.54) is 0 Å². The lowest BCUT2D eigenvalue weighted by molar-refractivity contribution is -0.135. The van der Waals surface area contributed by atoms with E-state index in [0.29, 0.717) is 17.9 Å². The van der Waals surface area contributed by atoms with Gasteiger partial charge in [-0.05, 0) is 25.3 Å². The summed E-state index contributed by atoms with van der Waals surface area (Å²) in [4.78, 5) is 13.8. The van der Waals surface area contributed by atoms with Crippen molar-refractivity contribution in [2.45, 2.75) is 46.6 Å². The van der Waals surface area contributed by atoms with Gasteiger partial charge in [-0.3, -0.25) is 4.79 Å². The number of carbonyl (C=O) groups is 1. The fourth-order valence-corrected chi connectivity index (χ4v) is 2.07. The largest absolute Gasteiger partial charge is 0.342 e. The van der Waals surface area contributed by atoms with Crippen LogP contribution >= 0.6 is 0 Å². The molecular weight excluding hydrogens is 200 g/mol. The molecule has 1 aliphatic heterocycles. The fourth-order valence-electron chi connectivity index (χ4n) is 2.07. The van der Waals surface area contributed by atoms with Gasteiger partial charge in [0.2, 0.25) is 5.91 Å². The summed E-state index contributed by atoms with van der Waals surface area (Å²) in [5.41, 5.74) is 0. The van der Waals surface area contributed by atoms with Crippen LogP contribution in [-0.2, 0) is 4.79 Å². The van der Waals surface area contributed by atoms with Gasteiger partial charge in [-0.1, -0.05) is 27.7 Å². The lowest BCUT2D eigenvalue weighted by atomic mass is 10.0. The Bertz CT molecular complexity index is 218. The number of nitrogens with one attached hydrogen (secondary N) is 1. The summed E-state index contributed by atoms with van der Waals surface area (Å²) in [6, 6.07) is 0.610. The minimum Gasteiger partial charge on any atom is -0.342 e. The smallest absolute Gasteiger partial charge is 0.225 e. The number of amides is 1. The number of hydrogen-bond acceptors (Lipinski definition) is 2. The number of nitrogens with zero attached hydrogens (tertiary/aromatic N) is 1. The Balaban J connectivity index is 2.26. The molecule has 0 spiro atoms. The highest BCUT2D eigenvalue weighted by Gasteiger charge is 2.23. The minimum atomic E-state index is 0.139. The molecule has 0 unspecified atom stereocenters. The quantitative estimate of drug-likeness (QED) is 0.794. The normalized spacial score (nSPS) is 18.5. The Morgan fingerprint density at radius 3 is 2.25 bits per heavy atom. The topological polar surface area (TPSA) is 32.3 Å². The number of likely N-dealkylation sites (tertiary alicyclic amines) is 1. The third kappa shape index (κ3) is 4.12. The maximum Gasteiger partial charge on any atom is 0.225 e. The summed E-state index contributed by atoms with van der Waals surface area (Å²) in [7, 11) is 0. The van der Waals surface area contributed by atoms with Gasteiger partial charge < -0.3 is 10.2 Å². The second kappa shape index (κ2) is 6.24. The van der Waals surface area contributed by atoms with Gasteiger partial charge >= 0.3 is 0 Å². The van der Waals surface area contributed by atoms with Crippen LogP contribution in [0.2, 0.25) is 0 Å². The van der Waals surface area contributed by atoms with Crippen molar-refractivity contribution >= 4 is 5.91 Å². The van der Waals surface area contributed by atoms with Crippen molar-refractivity contribution in [1.29, 1.82) is 0 Å². The van der Waals surface area contributed by atoms with E-state index in [9.17, 15) is 4.79 Å². The van der Waals surface area contributed by atoms with Crippen molar-refractivity contribution in [2.24, 2.45) is 11.8 Å². The molecule has 0 saturated carbocycles. The Morgan fingerprint density at radius 1 is 1.25 bits per heavy atom. The van der Waals surface area contributed by atoms with Crippen LogP contribution in [0.1, 0.15) is 40.5 Å². The molecule has 1 heterocycles. The molecule has 0 atom stereocenters. The third-order valence-electron chi connectivity index (χ3n) is 3.12. The average molecular weight is 226 g/mol. The van der Waals surface area contributed by atoms with E-state index >= 15 is 0 Å². The molecule has 94 valence electrons. The van der Waals surface area contributed by atoms with Crippen LogP contribution < -0.4 is 5.32 Å². The van der Waals surface area contributed by atoms with Gasteiger partial charge in [0.15, 0.2) is 0 Å². The maximum absolute atomic E-state index is 11.8. The zero-order chi connectivity index (χ0) is 12.1. The van der Waals surface area contributed by atoms with Crippen molar-refractivity contribution in [1.82, 2.24) is 10.2 Å². The first-order valence-corrected chi connectivity index (χ1v) is 6.53. The van der Waals surface area contributed by atoms with E-state index in [1.807, 2.05) is 18.7 Å². The second-order valence-corrected chi connectivity index (χ2v) is 5.56. The highest BCUT2D eigenvalue weighted by atomic mass is 16.2. The summed E-state index contributed by atoms with van der Waals surface area (Å²) < 4.78 is 0.